The zero-order chi connectivity index (χ0) is 23.6. The number of hydrogen-bond donors (Lipinski definition) is 4. The van der Waals surface area contributed by atoms with E-state index in [-0.39, 0.29) is 29.4 Å². The van der Waals surface area contributed by atoms with Gasteiger partial charge in [-0.05, 0) is 30.4 Å². The van der Waals surface area contributed by atoms with Crippen LogP contribution in [0.3, 0.4) is 0 Å². The minimum absolute atomic E-state index is 0.0690. The predicted octanol–water partition coefficient (Wildman–Crippen LogP) is 1.76. The highest BCUT2D eigenvalue weighted by Gasteiger charge is 2.46. The van der Waals surface area contributed by atoms with Crippen LogP contribution in [0.25, 0.3) is 21.9 Å². The van der Waals surface area contributed by atoms with E-state index >= 15 is 0 Å². The molecule has 3 atom stereocenters. The molecule has 6 rings (SSSR count). The van der Waals surface area contributed by atoms with E-state index in [1.807, 2.05) is 0 Å². The number of aromatic amines is 1. The van der Waals surface area contributed by atoms with Gasteiger partial charge in [-0.15, -0.1) is 0 Å². The Kier molecular flexibility index (Phi) is 4.52. The summed E-state index contributed by atoms with van der Waals surface area (Å²) < 4.78 is 20.3. The first-order valence-corrected chi connectivity index (χ1v) is 10.9. The number of benzene rings is 1. The number of halogens is 1. The Labute approximate surface area is 192 Å². The predicted molar refractivity (Wildman–Crippen MR) is 123 cm³/mol. The number of anilines is 2. The molecule has 4 heterocycles. The van der Waals surface area contributed by atoms with E-state index in [0.29, 0.717) is 39.8 Å². The molecule has 0 radical (unpaired) electrons. The largest absolute Gasteiger partial charge is 0.421 e. The highest BCUT2D eigenvalue weighted by atomic mass is 19.1. The first-order chi connectivity index (χ1) is 16.4. The second kappa shape index (κ2) is 7.48. The summed E-state index contributed by atoms with van der Waals surface area (Å²) in [4.78, 5) is 33.7. The molecule has 174 valence electrons. The summed E-state index contributed by atoms with van der Waals surface area (Å²) in [6.07, 6.45) is 3.64. The molecular weight excluding hydrogens is 441 g/mol. The number of nitrogens with two attached hydrogens (primary N) is 2. The van der Waals surface area contributed by atoms with Gasteiger partial charge < -0.3 is 31.4 Å². The number of aromatic nitrogens is 5. The summed E-state index contributed by atoms with van der Waals surface area (Å²) in [5.41, 5.74) is 13.3. The number of ether oxygens (including phenoxy) is 1. The van der Waals surface area contributed by atoms with Crippen LogP contribution in [-0.4, -0.2) is 57.0 Å². The molecule has 6 N–H and O–H groups in total. The maximum absolute atomic E-state index is 14.4. The van der Waals surface area contributed by atoms with Crippen LogP contribution in [0.5, 0.6) is 11.8 Å². The topological polar surface area (TPSA) is 161 Å². The van der Waals surface area contributed by atoms with Gasteiger partial charge in [-0.1, -0.05) is 0 Å². The van der Waals surface area contributed by atoms with Crippen LogP contribution >= 0.6 is 0 Å². The fourth-order valence-corrected chi connectivity index (χ4v) is 5.03. The molecule has 0 unspecified atom stereocenters. The highest BCUT2D eigenvalue weighted by molar-refractivity contribution is 6.14. The number of rotatable bonds is 5. The van der Waals surface area contributed by atoms with Gasteiger partial charge in [0, 0.05) is 31.6 Å². The third-order valence-corrected chi connectivity index (χ3v) is 6.73. The fourth-order valence-electron chi connectivity index (χ4n) is 5.03. The monoisotopic (exact) mass is 463 g/mol. The van der Waals surface area contributed by atoms with E-state index in [0.717, 1.165) is 25.0 Å². The third-order valence-electron chi connectivity index (χ3n) is 6.73. The molecular formula is C22H22FN9O2. The number of hydrogen-bond acceptors (Lipinski definition) is 9. The van der Waals surface area contributed by atoms with Gasteiger partial charge in [0.15, 0.2) is 5.75 Å². The summed E-state index contributed by atoms with van der Waals surface area (Å²) in [6, 6.07) is 3.16. The summed E-state index contributed by atoms with van der Waals surface area (Å²) in [6.45, 7) is 1.57. The first kappa shape index (κ1) is 20.5. The molecule has 1 saturated heterocycles. The Bertz CT molecular complexity index is 1440. The second-order valence-electron chi connectivity index (χ2n) is 8.74. The Morgan fingerprint density at radius 1 is 1.26 bits per heavy atom. The Morgan fingerprint density at radius 3 is 2.74 bits per heavy atom. The maximum Gasteiger partial charge on any atom is 0.326 e. The van der Waals surface area contributed by atoms with Crippen LogP contribution in [0.4, 0.5) is 15.9 Å². The first-order valence-electron chi connectivity index (χ1n) is 10.9. The number of amides is 1. The smallest absolute Gasteiger partial charge is 0.326 e. The highest BCUT2D eigenvalue weighted by Crippen LogP contribution is 2.44. The van der Waals surface area contributed by atoms with Crippen molar-refractivity contribution in [2.24, 2.45) is 23.3 Å². The molecule has 34 heavy (non-hydrogen) atoms. The minimum Gasteiger partial charge on any atom is -0.421 e. The third kappa shape index (κ3) is 3.17. The summed E-state index contributed by atoms with van der Waals surface area (Å²) >= 11 is 0. The summed E-state index contributed by atoms with van der Waals surface area (Å²) in [7, 11) is 1.73. The van der Waals surface area contributed by atoms with Crippen LogP contribution in [0.1, 0.15) is 17.0 Å². The van der Waals surface area contributed by atoms with E-state index in [4.69, 9.17) is 21.2 Å². The minimum atomic E-state index is -0.737. The zero-order valence-electron chi connectivity index (χ0n) is 18.2. The molecule has 11 nitrogen and oxygen atoms in total. The Morgan fingerprint density at radius 2 is 2.06 bits per heavy atom. The molecule has 2 fully saturated rings. The van der Waals surface area contributed by atoms with Gasteiger partial charge >= 0.3 is 6.01 Å². The van der Waals surface area contributed by atoms with Gasteiger partial charge in [0.1, 0.15) is 17.3 Å². The molecule has 12 heteroatoms. The SMILES string of the molecule is CNc1cc(F)cc2c1[nH]c1nc(Oc3cnc(C(N)=O)nc3)nc(N3C[C@H]4C[C@@H](N)[C@H]4C3)c12. The number of carbonyl (C=O) groups is 1. The van der Waals surface area contributed by atoms with E-state index in [2.05, 4.69) is 30.2 Å². The standard InChI is InChI=1S/C22H22FN9O2/c1-26-15-4-10(23)3-12-16-19(29-17(12)15)30-22(34-11-5-27-20(18(25)33)28-6-11)31-21(16)32-7-9-2-14(24)13(9)8-32/h3-6,9,13-14,26H,2,7-8,24H2,1H3,(H2,25,33)(H,29,30,31)/t9-,13+,14-/m1/s1. The van der Waals surface area contributed by atoms with E-state index < -0.39 is 5.91 Å². The van der Waals surface area contributed by atoms with Crippen molar-refractivity contribution in [1.82, 2.24) is 24.9 Å². The molecule has 1 aliphatic carbocycles. The maximum atomic E-state index is 14.4. The van der Waals surface area contributed by atoms with Crippen LogP contribution < -0.4 is 26.4 Å². The van der Waals surface area contributed by atoms with Crippen molar-refractivity contribution >= 4 is 39.3 Å². The second-order valence-corrected chi connectivity index (χ2v) is 8.74. The average Bonchev–Trinajstić information content (AvgIpc) is 3.36. The number of H-pyrrole nitrogens is 1. The number of fused-ring (bicyclic) bond motifs is 4. The quantitative estimate of drug-likeness (QED) is 0.345. The molecule has 4 aromatic rings. The Hall–Kier alpha value is -4.06. The van der Waals surface area contributed by atoms with Gasteiger partial charge in [-0.25, -0.2) is 14.4 Å². The van der Waals surface area contributed by atoms with Gasteiger partial charge in [-0.3, -0.25) is 4.79 Å². The molecule has 1 aromatic carbocycles. The van der Waals surface area contributed by atoms with Gasteiger partial charge in [-0.2, -0.15) is 9.97 Å². The normalized spacial score (nSPS) is 21.5. The van der Waals surface area contributed by atoms with Crippen molar-refractivity contribution in [2.75, 3.05) is 30.4 Å². The number of primary amides is 1. The number of nitrogens with zero attached hydrogens (tertiary/aromatic N) is 5. The molecule has 1 aliphatic heterocycles. The van der Waals surface area contributed by atoms with E-state index in [1.54, 1.807) is 7.05 Å². The van der Waals surface area contributed by atoms with Crippen LogP contribution in [-0.2, 0) is 0 Å². The van der Waals surface area contributed by atoms with E-state index in [9.17, 15) is 9.18 Å². The lowest BCUT2D eigenvalue weighted by Crippen LogP contribution is -2.46. The van der Waals surface area contributed by atoms with Gasteiger partial charge in [0.05, 0.1) is 29.0 Å². The van der Waals surface area contributed by atoms with Gasteiger partial charge in [0.2, 0.25) is 5.82 Å². The van der Waals surface area contributed by atoms with Crippen LogP contribution in [0.2, 0.25) is 0 Å². The molecule has 2 aliphatic rings. The Balaban J connectivity index is 1.49. The fraction of sp³-hybridized carbons (Fsp3) is 0.318. The van der Waals surface area contributed by atoms with Gasteiger partial charge in [0.25, 0.3) is 5.91 Å². The van der Waals surface area contributed by atoms with Crippen LogP contribution in [0.15, 0.2) is 24.5 Å². The number of carbonyl (C=O) groups excluding carboxylic acids is 1. The average molecular weight is 463 g/mol. The lowest BCUT2D eigenvalue weighted by atomic mass is 9.72. The summed E-state index contributed by atoms with van der Waals surface area (Å²) in [5.74, 6) is 0.587. The van der Waals surface area contributed by atoms with E-state index in [1.165, 1.54) is 24.5 Å². The molecule has 1 saturated carbocycles. The summed E-state index contributed by atoms with van der Waals surface area (Å²) in [5, 5.41) is 4.42. The molecule has 1 amide bonds. The molecule has 0 spiro atoms. The van der Waals surface area contributed by atoms with Crippen molar-refractivity contribution in [3.8, 4) is 11.8 Å². The van der Waals surface area contributed by atoms with Crippen molar-refractivity contribution in [3.05, 3.63) is 36.2 Å². The van der Waals surface area contributed by atoms with Crippen molar-refractivity contribution < 1.29 is 13.9 Å². The van der Waals surface area contributed by atoms with Crippen LogP contribution in [0, 0.1) is 17.7 Å². The zero-order valence-corrected chi connectivity index (χ0v) is 18.2. The lowest BCUT2D eigenvalue weighted by Gasteiger charge is -2.36. The van der Waals surface area contributed by atoms with Crippen molar-refractivity contribution in [3.63, 3.8) is 0 Å². The molecule has 0 bridgehead atoms. The lowest BCUT2D eigenvalue weighted by molar-refractivity contribution is 0.0990. The molecule has 3 aromatic heterocycles. The van der Waals surface area contributed by atoms with Crippen molar-refractivity contribution in [1.29, 1.82) is 0 Å². The van der Waals surface area contributed by atoms with Crippen molar-refractivity contribution in [2.45, 2.75) is 12.5 Å². The number of nitrogens with one attached hydrogen (secondary N) is 2.